The van der Waals surface area contributed by atoms with E-state index in [0.717, 1.165) is 5.39 Å². The Balaban J connectivity index is 2.03. The Hall–Kier alpha value is -1.85. The van der Waals surface area contributed by atoms with Crippen molar-refractivity contribution in [3.63, 3.8) is 0 Å². The lowest BCUT2D eigenvalue weighted by molar-refractivity contribution is -0.0579. The van der Waals surface area contributed by atoms with Crippen LogP contribution in [-0.2, 0) is 9.47 Å². The minimum absolute atomic E-state index is 0.234. The molecule has 0 bridgehead atoms. The minimum atomic E-state index is -0.956. The van der Waals surface area contributed by atoms with Gasteiger partial charge in [-0.05, 0) is 24.3 Å². The largest absolute Gasteiger partial charge is 0.478 e. The van der Waals surface area contributed by atoms with Crippen molar-refractivity contribution in [2.75, 3.05) is 13.2 Å². The Morgan fingerprint density at radius 3 is 2.71 bits per heavy atom. The number of rotatable bonds is 2. The van der Waals surface area contributed by atoms with E-state index in [1.165, 1.54) is 6.07 Å². The molecule has 1 aromatic heterocycles. The van der Waals surface area contributed by atoms with Crippen LogP contribution < -0.4 is 0 Å². The lowest BCUT2D eigenvalue weighted by Crippen LogP contribution is -1.94. The summed E-state index contributed by atoms with van der Waals surface area (Å²) in [7, 11) is 0. The highest BCUT2D eigenvalue weighted by atomic mass is 16.7. The normalized spacial score (nSPS) is 16.7. The topological polar surface area (TPSA) is 68.9 Å². The number of furan rings is 1. The van der Waals surface area contributed by atoms with Crippen LogP contribution in [0.15, 0.2) is 28.7 Å². The first-order valence-electron chi connectivity index (χ1n) is 5.24. The summed E-state index contributed by atoms with van der Waals surface area (Å²) < 4.78 is 16.2. The zero-order chi connectivity index (χ0) is 11.8. The molecule has 0 amide bonds. The molecular formula is C12H10O5. The number of carbonyl (C=O) groups is 1. The molecule has 1 aliphatic rings. The molecule has 3 rings (SSSR count). The number of fused-ring (bicyclic) bond motifs is 1. The van der Waals surface area contributed by atoms with E-state index in [9.17, 15) is 4.79 Å². The first-order chi connectivity index (χ1) is 8.24. The summed E-state index contributed by atoms with van der Waals surface area (Å²) in [5.41, 5.74) is 0.863. The van der Waals surface area contributed by atoms with Crippen molar-refractivity contribution < 1.29 is 23.8 Å². The molecule has 1 saturated heterocycles. The molecule has 0 aliphatic carbocycles. The SMILES string of the molecule is O=C(O)c1ccc2oc(C3OCCO3)cc2c1. The van der Waals surface area contributed by atoms with Gasteiger partial charge >= 0.3 is 5.97 Å². The zero-order valence-electron chi connectivity index (χ0n) is 8.88. The third-order valence-electron chi connectivity index (χ3n) is 2.64. The van der Waals surface area contributed by atoms with Gasteiger partial charge < -0.3 is 19.0 Å². The van der Waals surface area contributed by atoms with E-state index in [-0.39, 0.29) is 5.56 Å². The number of hydrogen-bond acceptors (Lipinski definition) is 4. The van der Waals surface area contributed by atoms with Crippen LogP contribution in [0.1, 0.15) is 22.4 Å². The maximum atomic E-state index is 10.8. The fourth-order valence-corrected chi connectivity index (χ4v) is 1.84. The molecule has 1 aromatic carbocycles. The molecule has 0 spiro atoms. The molecule has 1 fully saturated rings. The first kappa shape index (κ1) is 10.3. The lowest BCUT2D eigenvalue weighted by Gasteiger charge is -2.03. The van der Waals surface area contributed by atoms with Gasteiger partial charge in [-0.25, -0.2) is 4.79 Å². The van der Waals surface area contributed by atoms with Gasteiger partial charge in [-0.2, -0.15) is 0 Å². The molecule has 1 aliphatic heterocycles. The van der Waals surface area contributed by atoms with Crippen molar-refractivity contribution in [2.24, 2.45) is 0 Å². The van der Waals surface area contributed by atoms with Crippen LogP contribution in [0.4, 0.5) is 0 Å². The second-order valence-electron chi connectivity index (χ2n) is 3.78. The number of benzene rings is 1. The molecule has 5 nitrogen and oxygen atoms in total. The fourth-order valence-electron chi connectivity index (χ4n) is 1.84. The van der Waals surface area contributed by atoms with Crippen LogP contribution in [0.5, 0.6) is 0 Å². The van der Waals surface area contributed by atoms with Gasteiger partial charge in [-0.3, -0.25) is 0 Å². The number of hydrogen-bond donors (Lipinski definition) is 1. The van der Waals surface area contributed by atoms with Crippen molar-refractivity contribution in [1.29, 1.82) is 0 Å². The van der Waals surface area contributed by atoms with Crippen LogP contribution >= 0.6 is 0 Å². The average molecular weight is 234 g/mol. The lowest BCUT2D eigenvalue weighted by atomic mass is 10.1. The molecule has 2 heterocycles. The molecule has 88 valence electrons. The van der Waals surface area contributed by atoms with Gasteiger partial charge in [-0.15, -0.1) is 0 Å². The van der Waals surface area contributed by atoms with Gasteiger partial charge in [0.1, 0.15) is 5.58 Å². The zero-order valence-corrected chi connectivity index (χ0v) is 8.88. The summed E-state index contributed by atoms with van der Waals surface area (Å²) >= 11 is 0. The van der Waals surface area contributed by atoms with Crippen molar-refractivity contribution in [3.05, 3.63) is 35.6 Å². The summed E-state index contributed by atoms with van der Waals surface area (Å²) in [5, 5.41) is 9.62. The van der Waals surface area contributed by atoms with Crippen molar-refractivity contribution in [1.82, 2.24) is 0 Å². The highest BCUT2D eigenvalue weighted by molar-refractivity contribution is 5.93. The summed E-state index contributed by atoms with van der Waals surface area (Å²) in [4.78, 5) is 10.8. The Labute approximate surface area is 96.5 Å². The number of carboxylic acids is 1. The third kappa shape index (κ3) is 1.79. The Bertz CT molecular complexity index is 565. The van der Waals surface area contributed by atoms with E-state index >= 15 is 0 Å². The number of ether oxygens (including phenoxy) is 2. The predicted octanol–water partition coefficient (Wildman–Crippen LogP) is 2.18. The van der Waals surface area contributed by atoms with E-state index in [1.54, 1.807) is 18.2 Å². The standard InChI is InChI=1S/C12H10O5/c13-11(14)7-1-2-9-8(5-7)6-10(17-9)12-15-3-4-16-12/h1-2,5-6,12H,3-4H2,(H,13,14). The van der Waals surface area contributed by atoms with Gasteiger partial charge in [0.05, 0.1) is 18.8 Å². The van der Waals surface area contributed by atoms with Crippen LogP contribution in [0.3, 0.4) is 0 Å². The van der Waals surface area contributed by atoms with Gasteiger partial charge in [0.15, 0.2) is 5.76 Å². The molecular weight excluding hydrogens is 224 g/mol. The molecule has 0 atom stereocenters. The maximum absolute atomic E-state index is 10.8. The van der Waals surface area contributed by atoms with Crippen LogP contribution in [0.2, 0.25) is 0 Å². The van der Waals surface area contributed by atoms with Crippen molar-refractivity contribution in [3.8, 4) is 0 Å². The Morgan fingerprint density at radius 2 is 2.00 bits per heavy atom. The Kier molecular flexibility index (Phi) is 2.35. The maximum Gasteiger partial charge on any atom is 0.335 e. The van der Waals surface area contributed by atoms with Crippen molar-refractivity contribution >= 4 is 16.9 Å². The number of aromatic carboxylic acids is 1. The summed E-state index contributed by atoms with van der Waals surface area (Å²) in [6.45, 7) is 1.09. The van der Waals surface area contributed by atoms with Crippen LogP contribution in [0, 0.1) is 0 Å². The van der Waals surface area contributed by atoms with Crippen LogP contribution in [0.25, 0.3) is 11.0 Å². The third-order valence-corrected chi connectivity index (χ3v) is 2.64. The van der Waals surface area contributed by atoms with Crippen LogP contribution in [-0.4, -0.2) is 24.3 Å². The highest BCUT2D eigenvalue weighted by Gasteiger charge is 2.22. The smallest absolute Gasteiger partial charge is 0.335 e. The van der Waals surface area contributed by atoms with E-state index in [2.05, 4.69) is 0 Å². The van der Waals surface area contributed by atoms with E-state index < -0.39 is 12.3 Å². The van der Waals surface area contributed by atoms with Gasteiger partial charge in [0, 0.05) is 5.39 Å². The second-order valence-corrected chi connectivity index (χ2v) is 3.78. The second kappa shape index (κ2) is 3.87. The quantitative estimate of drug-likeness (QED) is 0.862. The Morgan fingerprint density at radius 1 is 1.24 bits per heavy atom. The number of carboxylic acid groups (broad SMARTS) is 1. The van der Waals surface area contributed by atoms with Gasteiger partial charge in [-0.1, -0.05) is 0 Å². The highest BCUT2D eigenvalue weighted by Crippen LogP contribution is 2.29. The minimum Gasteiger partial charge on any atom is -0.478 e. The first-order valence-corrected chi connectivity index (χ1v) is 5.24. The summed E-state index contributed by atoms with van der Waals surface area (Å²) in [6.07, 6.45) is -0.476. The predicted molar refractivity (Wildman–Crippen MR) is 57.8 cm³/mol. The summed E-state index contributed by atoms with van der Waals surface area (Å²) in [5.74, 6) is -0.386. The van der Waals surface area contributed by atoms with Gasteiger partial charge in [0.25, 0.3) is 0 Å². The van der Waals surface area contributed by atoms with Crippen molar-refractivity contribution in [2.45, 2.75) is 6.29 Å². The molecule has 1 N–H and O–H groups in total. The van der Waals surface area contributed by atoms with E-state index in [0.29, 0.717) is 24.6 Å². The van der Waals surface area contributed by atoms with E-state index in [1.807, 2.05) is 0 Å². The fraction of sp³-hybridized carbons (Fsp3) is 0.250. The molecule has 0 saturated carbocycles. The van der Waals surface area contributed by atoms with Gasteiger partial charge in [0.2, 0.25) is 6.29 Å². The monoisotopic (exact) mass is 234 g/mol. The molecule has 5 heteroatoms. The molecule has 0 unspecified atom stereocenters. The molecule has 0 radical (unpaired) electrons. The van der Waals surface area contributed by atoms with E-state index in [4.69, 9.17) is 19.0 Å². The molecule has 2 aromatic rings. The summed E-state index contributed by atoms with van der Waals surface area (Å²) in [6, 6.07) is 6.46. The average Bonchev–Trinajstić information content (AvgIpc) is 2.96. The molecule has 17 heavy (non-hydrogen) atoms.